The number of aliphatic hydroxyl groups excluding tert-OH is 1. The molecule has 1 N–H and O–H groups in total. The Hall–Kier alpha value is -1.03. The Balaban J connectivity index is 2.13. The van der Waals surface area contributed by atoms with Crippen molar-refractivity contribution in [3.63, 3.8) is 0 Å². The normalized spacial score (nSPS) is 12.9. The molecule has 3 nitrogen and oxygen atoms in total. The second-order valence-electron chi connectivity index (χ2n) is 4.77. The van der Waals surface area contributed by atoms with Crippen LogP contribution in [-0.4, -0.2) is 14.9 Å². The van der Waals surface area contributed by atoms with Gasteiger partial charge in [0, 0.05) is 28.7 Å². The van der Waals surface area contributed by atoms with E-state index in [1.807, 2.05) is 16.9 Å². The highest BCUT2D eigenvalue weighted by Gasteiger charge is 2.14. The van der Waals surface area contributed by atoms with E-state index in [4.69, 9.17) is 23.2 Å². The van der Waals surface area contributed by atoms with E-state index in [-0.39, 0.29) is 0 Å². The Morgan fingerprint density at radius 1 is 1.26 bits per heavy atom. The molecule has 2 rings (SSSR count). The number of nitrogens with zero attached hydrogens (tertiary/aromatic N) is 2. The maximum Gasteiger partial charge on any atom is 0.0860 e. The van der Waals surface area contributed by atoms with Crippen LogP contribution in [0.1, 0.15) is 37.3 Å². The van der Waals surface area contributed by atoms with E-state index in [1.165, 1.54) is 0 Å². The predicted octanol–water partition coefficient (Wildman–Crippen LogP) is 4.05. The topological polar surface area (TPSA) is 38.0 Å². The zero-order valence-electron chi connectivity index (χ0n) is 10.8. The van der Waals surface area contributed by atoms with Crippen LogP contribution in [0.25, 0.3) is 0 Å². The fourth-order valence-electron chi connectivity index (χ4n) is 1.85. The molecule has 1 atom stereocenters. The second-order valence-corrected chi connectivity index (χ2v) is 5.61. The third-order valence-corrected chi connectivity index (χ3v) is 3.48. The molecule has 5 heteroatoms. The van der Waals surface area contributed by atoms with Crippen LogP contribution in [0.15, 0.2) is 30.5 Å². The Bertz CT molecular complexity index is 566. The van der Waals surface area contributed by atoms with Gasteiger partial charge in [0.2, 0.25) is 0 Å². The van der Waals surface area contributed by atoms with Gasteiger partial charge in [-0.15, -0.1) is 0 Å². The minimum Gasteiger partial charge on any atom is -0.388 e. The molecule has 1 aromatic heterocycles. The molecule has 0 saturated heterocycles. The largest absolute Gasteiger partial charge is 0.388 e. The number of aliphatic hydroxyl groups is 1. The average molecular weight is 299 g/mol. The summed E-state index contributed by atoms with van der Waals surface area (Å²) < 4.78 is 1.87. The van der Waals surface area contributed by atoms with E-state index < -0.39 is 6.10 Å². The standard InChI is InChI=1S/C14H16Cl2N2O/c1-9(2)18-6-5-11(17-18)8-14(19)12-4-3-10(15)7-13(12)16/h3-7,9,14,19H,8H2,1-2H3. The Labute approximate surface area is 122 Å². The first-order valence-electron chi connectivity index (χ1n) is 6.14. The van der Waals surface area contributed by atoms with Crippen LogP contribution >= 0.6 is 23.2 Å². The van der Waals surface area contributed by atoms with Crippen molar-refractivity contribution in [3.8, 4) is 0 Å². The van der Waals surface area contributed by atoms with Gasteiger partial charge in [-0.2, -0.15) is 5.10 Å². The van der Waals surface area contributed by atoms with Crippen LogP contribution < -0.4 is 0 Å². The van der Waals surface area contributed by atoms with Crippen molar-refractivity contribution in [1.29, 1.82) is 0 Å². The van der Waals surface area contributed by atoms with E-state index in [1.54, 1.807) is 18.2 Å². The van der Waals surface area contributed by atoms with Crippen LogP contribution in [0, 0.1) is 0 Å². The van der Waals surface area contributed by atoms with Gasteiger partial charge in [0.1, 0.15) is 0 Å². The summed E-state index contributed by atoms with van der Waals surface area (Å²) in [6.45, 7) is 4.12. The van der Waals surface area contributed by atoms with Crippen molar-refractivity contribution in [2.75, 3.05) is 0 Å². The van der Waals surface area contributed by atoms with Gasteiger partial charge in [-0.1, -0.05) is 29.3 Å². The van der Waals surface area contributed by atoms with E-state index in [2.05, 4.69) is 18.9 Å². The highest BCUT2D eigenvalue weighted by atomic mass is 35.5. The molecule has 0 saturated carbocycles. The smallest absolute Gasteiger partial charge is 0.0860 e. The molecular weight excluding hydrogens is 283 g/mol. The van der Waals surface area contributed by atoms with E-state index in [9.17, 15) is 5.11 Å². The quantitative estimate of drug-likeness (QED) is 0.925. The Morgan fingerprint density at radius 3 is 2.58 bits per heavy atom. The molecule has 1 heterocycles. The van der Waals surface area contributed by atoms with Crippen molar-refractivity contribution in [2.45, 2.75) is 32.4 Å². The van der Waals surface area contributed by atoms with Crippen molar-refractivity contribution < 1.29 is 5.11 Å². The molecule has 102 valence electrons. The number of rotatable bonds is 4. The number of hydrogen-bond donors (Lipinski definition) is 1. The number of hydrogen-bond acceptors (Lipinski definition) is 2. The van der Waals surface area contributed by atoms with Gasteiger partial charge in [0.05, 0.1) is 11.8 Å². The summed E-state index contributed by atoms with van der Waals surface area (Å²) in [4.78, 5) is 0. The number of halogens is 2. The summed E-state index contributed by atoms with van der Waals surface area (Å²) in [6.07, 6.45) is 1.66. The third-order valence-electron chi connectivity index (χ3n) is 2.92. The highest BCUT2D eigenvalue weighted by molar-refractivity contribution is 6.35. The molecule has 0 aliphatic rings. The average Bonchev–Trinajstić information content (AvgIpc) is 2.77. The van der Waals surface area contributed by atoms with Crippen LogP contribution in [0.5, 0.6) is 0 Å². The zero-order valence-corrected chi connectivity index (χ0v) is 12.4. The Kier molecular flexibility index (Phi) is 4.50. The molecule has 2 aromatic rings. The van der Waals surface area contributed by atoms with E-state index >= 15 is 0 Å². The van der Waals surface area contributed by atoms with Crippen molar-refractivity contribution in [2.24, 2.45) is 0 Å². The van der Waals surface area contributed by atoms with Crippen LogP contribution in [0.4, 0.5) is 0 Å². The van der Waals surface area contributed by atoms with Gasteiger partial charge in [-0.3, -0.25) is 4.68 Å². The first-order valence-corrected chi connectivity index (χ1v) is 6.90. The second kappa shape index (κ2) is 5.95. The fraction of sp³-hybridized carbons (Fsp3) is 0.357. The lowest BCUT2D eigenvalue weighted by Gasteiger charge is -2.11. The van der Waals surface area contributed by atoms with Gasteiger partial charge >= 0.3 is 0 Å². The maximum atomic E-state index is 10.2. The SMILES string of the molecule is CC(C)n1ccc(CC(O)c2ccc(Cl)cc2Cl)n1. The monoisotopic (exact) mass is 298 g/mol. The lowest BCUT2D eigenvalue weighted by molar-refractivity contribution is 0.177. The summed E-state index contributed by atoms with van der Waals surface area (Å²) in [7, 11) is 0. The molecule has 0 bridgehead atoms. The predicted molar refractivity (Wildman–Crippen MR) is 77.7 cm³/mol. The van der Waals surface area contributed by atoms with E-state index in [0.717, 1.165) is 5.69 Å². The van der Waals surface area contributed by atoms with Gasteiger partial charge in [-0.25, -0.2) is 0 Å². The van der Waals surface area contributed by atoms with Crippen LogP contribution in [0.3, 0.4) is 0 Å². The third kappa shape index (κ3) is 3.50. The molecule has 0 radical (unpaired) electrons. The van der Waals surface area contributed by atoms with Crippen LogP contribution in [-0.2, 0) is 6.42 Å². The number of aromatic nitrogens is 2. The molecule has 0 fully saturated rings. The minimum absolute atomic E-state index is 0.310. The molecular formula is C14H16Cl2N2O. The molecule has 19 heavy (non-hydrogen) atoms. The maximum absolute atomic E-state index is 10.2. The number of benzene rings is 1. The first kappa shape index (κ1) is 14.4. The van der Waals surface area contributed by atoms with E-state index in [0.29, 0.717) is 28.1 Å². The summed E-state index contributed by atoms with van der Waals surface area (Å²) in [6, 6.07) is 7.32. The van der Waals surface area contributed by atoms with Crippen molar-refractivity contribution in [1.82, 2.24) is 9.78 Å². The van der Waals surface area contributed by atoms with Crippen molar-refractivity contribution >= 4 is 23.2 Å². The molecule has 0 amide bonds. The van der Waals surface area contributed by atoms with Gasteiger partial charge in [0.25, 0.3) is 0 Å². The molecule has 0 aliphatic carbocycles. The highest BCUT2D eigenvalue weighted by Crippen LogP contribution is 2.28. The molecule has 1 unspecified atom stereocenters. The summed E-state index contributed by atoms with van der Waals surface area (Å²) in [5.41, 5.74) is 1.51. The lowest BCUT2D eigenvalue weighted by Crippen LogP contribution is -2.06. The molecule has 0 aliphatic heterocycles. The van der Waals surface area contributed by atoms with Gasteiger partial charge in [0.15, 0.2) is 0 Å². The minimum atomic E-state index is -0.680. The summed E-state index contributed by atoms with van der Waals surface area (Å²) in [5, 5.41) is 15.7. The lowest BCUT2D eigenvalue weighted by atomic mass is 10.1. The van der Waals surface area contributed by atoms with Gasteiger partial charge < -0.3 is 5.11 Å². The fourth-order valence-corrected chi connectivity index (χ4v) is 2.39. The van der Waals surface area contributed by atoms with Crippen molar-refractivity contribution in [3.05, 3.63) is 51.8 Å². The summed E-state index contributed by atoms with van der Waals surface area (Å²) in [5.74, 6) is 0. The summed E-state index contributed by atoms with van der Waals surface area (Å²) >= 11 is 11.9. The Morgan fingerprint density at radius 2 is 2.00 bits per heavy atom. The van der Waals surface area contributed by atoms with Gasteiger partial charge in [-0.05, 0) is 37.6 Å². The van der Waals surface area contributed by atoms with Crippen LogP contribution in [0.2, 0.25) is 10.0 Å². The molecule has 1 aromatic carbocycles. The first-order chi connectivity index (χ1) is 8.97. The molecule has 0 spiro atoms. The zero-order chi connectivity index (χ0) is 14.0.